The number of anilines is 1. The molecular weight excluding hydrogens is 250 g/mol. The maximum absolute atomic E-state index is 9.45. The number of nitrogens with zero attached hydrogens (tertiary/aromatic N) is 3. The zero-order chi connectivity index (χ0) is 14.9. The maximum atomic E-state index is 9.45. The molecule has 1 aromatic heterocycles. The molecule has 0 aromatic carbocycles. The Morgan fingerprint density at radius 3 is 2.55 bits per heavy atom. The van der Waals surface area contributed by atoms with Crippen LogP contribution in [0.4, 0.5) is 5.82 Å². The van der Waals surface area contributed by atoms with Gasteiger partial charge in [-0.1, -0.05) is 20.8 Å². The molecule has 0 spiro atoms. The maximum Gasteiger partial charge on any atom is 0.129 e. The fraction of sp³-hybridized carbons (Fsp3) is 0.688. The van der Waals surface area contributed by atoms with E-state index in [2.05, 4.69) is 44.7 Å². The third-order valence-corrected chi connectivity index (χ3v) is 4.23. The molecule has 2 unspecified atom stereocenters. The van der Waals surface area contributed by atoms with Gasteiger partial charge in [0.2, 0.25) is 0 Å². The quantitative estimate of drug-likeness (QED) is 0.915. The van der Waals surface area contributed by atoms with Crippen LogP contribution in [0.25, 0.3) is 0 Å². The second kappa shape index (κ2) is 6.10. The summed E-state index contributed by atoms with van der Waals surface area (Å²) < 4.78 is 0. The molecule has 1 N–H and O–H groups in total. The molecule has 4 nitrogen and oxygen atoms in total. The summed E-state index contributed by atoms with van der Waals surface area (Å²) in [7, 11) is 4.28. The molecule has 4 heteroatoms. The average molecular weight is 277 g/mol. The SMILES string of the molecule is CC(C)c1cc(CO)cc(N2CC(C)C(N(C)C)C2)n1. The molecule has 20 heavy (non-hydrogen) atoms. The first-order valence-corrected chi connectivity index (χ1v) is 7.45. The highest BCUT2D eigenvalue weighted by Gasteiger charge is 2.31. The Labute approximate surface area is 122 Å². The van der Waals surface area contributed by atoms with E-state index in [1.807, 2.05) is 12.1 Å². The summed E-state index contributed by atoms with van der Waals surface area (Å²) in [4.78, 5) is 9.43. The highest BCUT2D eigenvalue weighted by molar-refractivity contribution is 5.45. The normalized spacial score (nSPS) is 23.1. The first kappa shape index (κ1) is 15.3. The molecule has 1 aliphatic rings. The Balaban J connectivity index is 2.27. The highest BCUT2D eigenvalue weighted by Crippen LogP contribution is 2.27. The lowest BCUT2D eigenvalue weighted by molar-refractivity contribution is 0.266. The van der Waals surface area contributed by atoms with Crippen LogP contribution in [-0.2, 0) is 6.61 Å². The Bertz CT molecular complexity index is 459. The summed E-state index contributed by atoms with van der Waals surface area (Å²) in [6.45, 7) is 8.69. The zero-order valence-electron chi connectivity index (χ0n) is 13.3. The summed E-state index contributed by atoms with van der Waals surface area (Å²) in [5.41, 5.74) is 2.02. The van der Waals surface area contributed by atoms with Crippen molar-refractivity contribution in [2.24, 2.45) is 5.92 Å². The van der Waals surface area contributed by atoms with Crippen LogP contribution < -0.4 is 4.90 Å². The average Bonchev–Trinajstić information content (AvgIpc) is 2.80. The van der Waals surface area contributed by atoms with Crippen LogP contribution in [0, 0.1) is 5.92 Å². The van der Waals surface area contributed by atoms with Crippen molar-refractivity contribution in [1.82, 2.24) is 9.88 Å². The molecular formula is C16H27N3O. The van der Waals surface area contributed by atoms with Crippen LogP contribution >= 0.6 is 0 Å². The van der Waals surface area contributed by atoms with Crippen molar-refractivity contribution < 1.29 is 5.11 Å². The van der Waals surface area contributed by atoms with Crippen LogP contribution in [0.5, 0.6) is 0 Å². The molecule has 2 rings (SSSR count). The zero-order valence-corrected chi connectivity index (χ0v) is 13.3. The van der Waals surface area contributed by atoms with E-state index in [9.17, 15) is 5.11 Å². The summed E-state index contributed by atoms with van der Waals surface area (Å²) >= 11 is 0. The molecule has 1 fully saturated rings. The minimum Gasteiger partial charge on any atom is -0.392 e. The highest BCUT2D eigenvalue weighted by atomic mass is 16.3. The Kier molecular flexibility index (Phi) is 4.66. The summed E-state index contributed by atoms with van der Waals surface area (Å²) in [5.74, 6) is 2.02. The Morgan fingerprint density at radius 2 is 2.05 bits per heavy atom. The largest absolute Gasteiger partial charge is 0.392 e. The van der Waals surface area contributed by atoms with Crippen molar-refractivity contribution >= 4 is 5.82 Å². The third-order valence-electron chi connectivity index (χ3n) is 4.23. The van der Waals surface area contributed by atoms with Crippen molar-refractivity contribution in [1.29, 1.82) is 0 Å². The standard InChI is InChI=1S/C16H27N3O/c1-11(2)14-6-13(10-20)7-16(17-14)19-8-12(3)15(9-19)18(4)5/h6-7,11-12,15,20H,8-10H2,1-5H3. The molecule has 112 valence electrons. The van der Waals surface area contributed by atoms with E-state index in [0.29, 0.717) is 17.9 Å². The molecule has 0 aliphatic carbocycles. The third kappa shape index (κ3) is 3.13. The van der Waals surface area contributed by atoms with E-state index in [0.717, 1.165) is 30.2 Å². The van der Waals surface area contributed by atoms with Gasteiger partial charge < -0.3 is 14.9 Å². The fourth-order valence-corrected chi connectivity index (χ4v) is 2.95. The van der Waals surface area contributed by atoms with E-state index in [-0.39, 0.29) is 6.61 Å². The van der Waals surface area contributed by atoms with Crippen molar-refractivity contribution in [3.63, 3.8) is 0 Å². The van der Waals surface area contributed by atoms with Gasteiger partial charge in [-0.05, 0) is 43.6 Å². The number of hydrogen-bond donors (Lipinski definition) is 1. The minimum absolute atomic E-state index is 0.0791. The predicted octanol–water partition coefficient (Wildman–Crippen LogP) is 2.08. The van der Waals surface area contributed by atoms with Gasteiger partial charge in [-0.25, -0.2) is 4.98 Å². The number of rotatable bonds is 4. The smallest absolute Gasteiger partial charge is 0.129 e. The van der Waals surface area contributed by atoms with E-state index in [1.165, 1.54) is 0 Å². The summed E-state index contributed by atoms with van der Waals surface area (Å²) in [6.07, 6.45) is 0. The van der Waals surface area contributed by atoms with Gasteiger partial charge in [0.25, 0.3) is 0 Å². The summed E-state index contributed by atoms with van der Waals surface area (Å²) in [6, 6.07) is 4.60. The van der Waals surface area contributed by atoms with Gasteiger partial charge in [-0.2, -0.15) is 0 Å². The number of aliphatic hydroxyl groups is 1. The van der Waals surface area contributed by atoms with Gasteiger partial charge in [-0.15, -0.1) is 0 Å². The van der Waals surface area contributed by atoms with Crippen LogP contribution in [0.15, 0.2) is 12.1 Å². The molecule has 0 bridgehead atoms. The Hall–Kier alpha value is -1.13. The molecule has 0 saturated carbocycles. The molecule has 1 aromatic rings. The molecule has 2 heterocycles. The monoisotopic (exact) mass is 277 g/mol. The first-order chi connectivity index (χ1) is 9.42. The predicted molar refractivity (Wildman–Crippen MR) is 83.1 cm³/mol. The van der Waals surface area contributed by atoms with Gasteiger partial charge in [0, 0.05) is 24.8 Å². The van der Waals surface area contributed by atoms with Crippen LogP contribution in [-0.4, -0.2) is 48.2 Å². The molecule has 1 saturated heterocycles. The number of hydrogen-bond acceptors (Lipinski definition) is 4. The minimum atomic E-state index is 0.0791. The lowest BCUT2D eigenvalue weighted by Gasteiger charge is -2.23. The van der Waals surface area contributed by atoms with Gasteiger partial charge in [0.1, 0.15) is 5.82 Å². The number of pyridine rings is 1. The van der Waals surface area contributed by atoms with Crippen molar-refractivity contribution in [3.05, 3.63) is 23.4 Å². The van der Waals surface area contributed by atoms with Gasteiger partial charge in [0.05, 0.1) is 6.61 Å². The number of aliphatic hydroxyl groups excluding tert-OH is 1. The van der Waals surface area contributed by atoms with Crippen LogP contribution in [0.1, 0.15) is 37.9 Å². The van der Waals surface area contributed by atoms with Crippen molar-refractivity contribution in [2.45, 2.75) is 39.3 Å². The van der Waals surface area contributed by atoms with E-state index < -0.39 is 0 Å². The second-order valence-corrected chi connectivity index (χ2v) is 6.48. The lowest BCUT2D eigenvalue weighted by atomic mass is 10.1. The van der Waals surface area contributed by atoms with Crippen molar-refractivity contribution in [3.8, 4) is 0 Å². The molecule has 2 atom stereocenters. The van der Waals surface area contributed by atoms with Crippen LogP contribution in [0.3, 0.4) is 0 Å². The summed E-state index contributed by atoms with van der Waals surface area (Å²) in [5, 5.41) is 9.45. The second-order valence-electron chi connectivity index (χ2n) is 6.48. The van der Waals surface area contributed by atoms with E-state index in [4.69, 9.17) is 4.98 Å². The molecule has 0 radical (unpaired) electrons. The topological polar surface area (TPSA) is 39.6 Å². The van der Waals surface area contributed by atoms with Gasteiger partial charge >= 0.3 is 0 Å². The van der Waals surface area contributed by atoms with E-state index in [1.54, 1.807) is 0 Å². The number of aromatic nitrogens is 1. The first-order valence-electron chi connectivity index (χ1n) is 7.45. The van der Waals surface area contributed by atoms with Gasteiger partial charge in [-0.3, -0.25) is 0 Å². The molecule has 1 aliphatic heterocycles. The molecule has 0 amide bonds. The van der Waals surface area contributed by atoms with Crippen LogP contribution in [0.2, 0.25) is 0 Å². The van der Waals surface area contributed by atoms with Crippen molar-refractivity contribution in [2.75, 3.05) is 32.1 Å². The number of likely N-dealkylation sites (N-methyl/N-ethyl adjacent to an activating group) is 1. The fourth-order valence-electron chi connectivity index (χ4n) is 2.95. The van der Waals surface area contributed by atoms with Gasteiger partial charge in [0.15, 0.2) is 0 Å². The Morgan fingerprint density at radius 1 is 1.35 bits per heavy atom. The lowest BCUT2D eigenvalue weighted by Crippen LogP contribution is -2.34. The van der Waals surface area contributed by atoms with E-state index >= 15 is 0 Å².